The maximum Gasteiger partial charge on any atom is 0.245 e. The lowest BCUT2D eigenvalue weighted by Crippen LogP contribution is -2.58. The molecule has 2 aromatic rings. The Morgan fingerprint density at radius 1 is 1.31 bits per heavy atom. The van der Waals surface area contributed by atoms with Crippen LogP contribution in [0.5, 0.6) is 0 Å². The van der Waals surface area contributed by atoms with Crippen LogP contribution in [0.1, 0.15) is 20.3 Å². The normalized spacial score (nSPS) is 32.3. The molecule has 7 atom stereocenters. The fraction of sp³-hybridized carbons (Fsp3) is 0.609. The molecule has 1 aromatic carbocycles. The Balaban J connectivity index is 1.51. The lowest BCUT2D eigenvalue weighted by atomic mass is 9.70. The van der Waals surface area contributed by atoms with Gasteiger partial charge in [0.05, 0.1) is 34.7 Å². The van der Waals surface area contributed by atoms with Crippen LogP contribution in [0.15, 0.2) is 24.3 Å². The van der Waals surface area contributed by atoms with Crippen LogP contribution in [0.3, 0.4) is 0 Å². The first-order chi connectivity index (χ1) is 16.7. The number of hydrogen-bond acceptors (Lipinski definition) is 7. The van der Waals surface area contributed by atoms with Gasteiger partial charge < -0.3 is 20.6 Å². The molecule has 0 aliphatic carbocycles. The number of nitrogens with one attached hydrogen (secondary N) is 2. The number of benzene rings is 1. The van der Waals surface area contributed by atoms with Crippen molar-refractivity contribution < 1.29 is 19.5 Å². The van der Waals surface area contributed by atoms with Crippen molar-refractivity contribution in [3.8, 4) is 0 Å². The highest BCUT2D eigenvalue weighted by Gasteiger charge is 2.76. The van der Waals surface area contributed by atoms with E-state index in [0.717, 1.165) is 11.0 Å². The molecule has 188 valence electrons. The summed E-state index contributed by atoms with van der Waals surface area (Å²) < 4.78 is 0.846. The zero-order valence-corrected chi connectivity index (χ0v) is 22.1. The number of likely N-dealkylation sites (tertiary alicyclic amines) is 1. The summed E-state index contributed by atoms with van der Waals surface area (Å²) in [7, 11) is 1.57. The molecule has 3 unspecified atom stereocenters. The Labute approximate surface area is 215 Å². The van der Waals surface area contributed by atoms with Crippen LogP contribution >= 0.6 is 27.7 Å². The van der Waals surface area contributed by atoms with Crippen molar-refractivity contribution >= 4 is 56.4 Å². The lowest BCUT2D eigenvalue weighted by Gasteiger charge is -2.38. The zero-order chi connectivity index (χ0) is 25.1. The van der Waals surface area contributed by atoms with Crippen LogP contribution in [0.2, 0.25) is 0 Å². The molecular formula is C23H29BrN6O4S. The number of rotatable bonds is 7. The summed E-state index contributed by atoms with van der Waals surface area (Å²) in [5, 5.41) is 24.1. The number of fused-ring (bicyclic) bond motifs is 2. The monoisotopic (exact) mass is 564 g/mol. The summed E-state index contributed by atoms with van der Waals surface area (Å²) in [4.78, 5) is 42.3. The van der Waals surface area contributed by atoms with Gasteiger partial charge in [0.1, 0.15) is 18.2 Å². The topological polar surface area (TPSA) is 129 Å². The molecule has 5 rings (SSSR count). The Morgan fingerprint density at radius 2 is 2.06 bits per heavy atom. The minimum atomic E-state index is -0.820. The standard InChI is InChI=1S/C23H29BrN6O4S/c1-11(2)15(9-31)30-19(21(33)26-10-29-14-7-5-4-6-13(14)27-28-29)23-8-12(24)18(35-23)16(20(32)25-3)17(23)22(30)34/h4-7,11-12,15-19,31H,8-10H2,1-3H3,(H,25,32)(H,26,33)/t12?,15-,16-,17-,18-,19?,23?/m0/s1. The Hall–Kier alpha value is -2.18. The van der Waals surface area contributed by atoms with Gasteiger partial charge in [-0.2, -0.15) is 0 Å². The third-order valence-corrected chi connectivity index (χ3v) is 10.9. The zero-order valence-electron chi connectivity index (χ0n) is 19.7. The number of hydrogen-bond donors (Lipinski definition) is 3. The molecule has 3 N–H and O–H groups in total. The number of amides is 3. The summed E-state index contributed by atoms with van der Waals surface area (Å²) in [5.41, 5.74) is 1.51. The first-order valence-corrected chi connectivity index (χ1v) is 13.6. The lowest BCUT2D eigenvalue weighted by molar-refractivity contribution is -0.143. The van der Waals surface area contributed by atoms with E-state index >= 15 is 0 Å². The molecule has 1 aromatic heterocycles. The second-order valence-corrected chi connectivity index (χ2v) is 12.5. The van der Waals surface area contributed by atoms with E-state index in [9.17, 15) is 19.5 Å². The van der Waals surface area contributed by atoms with Crippen molar-refractivity contribution in [3.63, 3.8) is 0 Å². The minimum Gasteiger partial charge on any atom is -0.394 e. The maximum atomic E-state index is 13.9. The number of carbonyl (C=O) groups is 3. The van der Waals surface area contributed by atoms with E-state index in [1.165, 1.54) is 0 Å². The molecular weight excluding hydrogens is 536 g/mol. The van der Waals surface area contributed by atoms with Crippen molar-refractivity contribution in [2.24, 2.45) is 17.8 Å². The maximum absolute atomic E-state index is 13.9. The van der Waals surface area contributed by atoms with Crippen molar-refractivity contribution in [1.29, 1.82) is 0 Å². The number of para-hydroxylation sites is 1. The quantitative estimate of drug-likeness (QED) is 0.423. The van der Waals surface area contributed by atoms with Gasteiger partial charge >= 0.3 is 0 Å². The number of halogens is 1. The number of aliphatic hydroxyl groups excluding tert-OH is 1. The van der Waals surface area contributed by atoms with E-state index in [0.29, 0.717) is 6.42 Å². The second-order valence-electron chi connectivity index (χ2n) is 9.79. The van der Waals surface area contributed by atoms with E-state index in [4.69, 9.17) is 0 Å². The predicted molar refractivity (Wildman–Crippen MR) is 135 cm³/mol. The fourth-order valence-corrected chi connectivity index (χ4v) is 9.69. The molecule has 3 saturated heterocycles. The molecule has 3 fully saturated rings. The summed E-state index contributed by atoms with van der Waals surface area (Å²) in [5.74, 6) is -1.97. The number of thioether (sulfide) groups is 1. The summed E-state index contributed by atoms with van der Waals surface area (Å²) >= 11 is 5.30. The van der Waals surface area contributed by atoms with Crippen LogP contribution in [0.25, 0.3) is 11.0 Å². The highest BCUT2D eigenvalue weighted by molar-refractivity contribution is 9.09. The molecule has 12 heteroatoms. The van der Waals surface area contributed by atoms with Crippen LogP contribution in [0.4, 0.5) is 0 Å². The number of aromatic nitrogens is 3. The van der Waals surface area contributed by atoms with Gasteiger partial charge in [-0.05, 0) is 24.5 Å². The largest absolute Gasteiger partial charge is 0.394 e. The van der Waals surface area contributed by atoms with Gasteiger partial charge in [-0.25, -0.2) is 4.68 Å². The number of nitrogens with zero attached hydrogens (tertiary/aromatic N) is 4. The predicted octanol–water partition coefficient (Wildman–Crippen LogP) is 0.733. The molecule has 3 amide bonds. The second kappa shape index (κ2) is 9.04. The smallest absolute Gasteiger partial charge is 0.245 e. The van der Waals surface area contributed by atoms with Crippen molar-refractivity contribution in [2.75, 3.05) is 13.7 Å². The number of alkyl halides is 1. The highest BCUT2D eigenvalue weighted by Crippen LogP contribution is 2.68. The minimum absolute atomic E-state index is 0.0000134. The highest BCUT2D eigenvalue weighted by atomic mass is 79.9. The van der Waals surface area contributed by atoms with Gasteiger partial charge in [0.2, 0.25) is 17.7 Å². The molecule has 0 saturated carbocycles. The summed E-state index contributed by atoms with van der Waals surface area (Å²) in [6.07, 6.45) is 0.587. The molecule has 35 heavy (non-hydrogen) atoms. The Morgan fingerprint density at radius 3 is 2.74 bits per heavy atom. The molecule has 10 nitrogen and oxygen atoms in total. The molecule has 0 radical (unpaired) electrons. The molecule has 3 aliphatic heterocycles. The van der Waals surface area contributed by atoms with Gasteiger partial charge in [-0.3, -0.25) is 14.4 Å². The fourth-order valence-electron chi connectivity index (χ4n) is 6.09. The van der Waals surface area contributed by atoms with Crippen molar-refractivity contribution in [3.05, 3.63) is 24.3 Å². The van der Waals surface area contributed by atoms with Crippen molar-refractivity contribution in [1.82, 2.24) is 30.5 Å². The third kappa shape index (κ3) is 3.59. The van der Waals surface area contributed by atoms with E-state index in [-0.39, 0.29) is 47.0 Å². The molecule has 1 spiro atoms. The van der Waals surface area contributed by atoms with E-state index in [1.54, 1.807) is 28.4 Å². The summed E-state index contributed by atoms with van der Waals surface area (Å²) in [6, 6.07) is 6.11. The Kier molecular flexibility index (Phi) is 6.33. The first kappa shape index (κ1) is 24.5. The van der Waals surface area contributed by atoms with E-state index in [2.05, 4.69) is 36.9 Å². The van der Waals surface area contributed by atoms with Crippen LogP contribution < -0.4 is 10.6 Å². The van der Waals surface area contributed by atoms with Gasteiger partial charge in [-0.15, -0.1) is 16.9 Å². The van der Waals surface area contributed by atoms with E-state index in [1.807, 2.05) is 38.1 Å². The van der Waals surface area contributed by atoms with Crippen molar-refractivity contribution in [2.45, 2.75) is 53.8 Å². The third-order valence-electron chi connectivity index (χ3n) is 7.66. The molecule has 3 aliphatic rings. The first-order valence-electron chi connectivity index (χ1n) is 11.8. The van der Waals surface area contributed by atoms with Gasteiger partial charge in [0, 0.05) is 17.1 Å². The Bertz CT molecular complexity index is 1180. The van der Waals surface area contributed by atoms with E-state index < -0.39 is 28.7 Å². The average molecular weight is 565 g/mol. The number of carbonyl (C=O) groups excluding carboxylic acids is 3. The van der Waals surface area contributed by atoms with Crippen LogP contribution in [0, 0.1) is 17.8 Å². The number of aliphatic hydroxyl groups is 1. The SMILES string of the molecule is CNC(=O)[C@H]1[C@H]2C(=O)N([C@@H](CO)C(C)C)C(C(=O)NCn3nnc4ccccc43)C23CC(Br)[C@@H]1S3. The summed E-state index contributed by atoms with van der Waals surface area (Å²) in [6.45, 7) is 3.67. The van der Waals surface area contributed by atoms with Gasteiger partial charge in [0.15, 0.2) is 0 Å². The molecule has 4 heterocycles. The average Bonchev–Trinajstić information content (AvgIpc) is 3.55. The van der Waals surface area contributed by atoms with Crippen LogP contribution in [-0.4, -0.2) is 83.3 Å². The molecule has 2 bridgehead atoms. The van der Waals surface area contributed by atoms with Gasteiger partial charge in [0.25, 0.3) is 0 Å². The van der Waals surface area contributed by atoms with Gasteiger partial charge in [-0.1, -0.05) is 47.1 Å². The van der Waals surface area contributed by atoms with Crippen LogP contribution in [-0.2, 0) is 21.1 Å².